The number of nitrogens with two attached hydrogens (primary N) is 2. The summed E-state index contributed by atoms with van der Waals surface area (Å²) in [6.07, 6.45) is 0.975. The van der Waals surface area contributed by atoms with Crippen LogP contribution in [0.4, 0.5) is 5.69 Å². The van der Waals surface area contributed by atoms with E-state index in [1.807, 2.05) is 0 Å². The molecule has 0 unspecified atom stereocenters. The molecule has 2 aliphatic rings. The summed E-state index contributed by atoms with van der Waals surface area (Å²) in [5.74, 6) is -1.58. The molecule has 1 aliphatic heterocycles. The summed E-state index contributed by atoms with van der Waals surface area (Å²) in [6.45, 7) is 0.357. The minimum absolute atomic E-state index is 0.0101. The van der Waals surface area contributed by atoms with Crippen LogP contribution in [0.3, 0.4) is 0 Å². The number of carbonyl (C=O) groups excluding carboxylic acids is 3. The van der Waals surface area contributed by atoms with Crippen LogP contribution in [-0.2, 0) is 14.4 Å². The zero-order valence-corrected chi connectivity index (χ0v) is 18.3. The average molecular weight is 471 g/mol. The second-order valence-electron chi connectivity index (χ2n) is 7.93. The maximum Gasteiger partial charge on any atom is 0.313 e. The maximum atomic E-state index is 12.9. The summed E-state index contributed by atoms with van der Waals surface area (Å²) in [7, 11) is 0. The number of nitrogens with one attached hydrogen (secondary N) is 2. The lowest BCUT2D eigenvalue weighted by Gasteiger charge is -2.24. The minimum atomic E-state index is -0.798. The van der Waals surface area contributed by atoms with Crippen LogP contribution in [0.2, 0.25) is 0 Å². The van der Waals surface area contributed by atoms with Gasteiger partial charge in [0.1, 0.15) is 10.4 Å². The second-order valence-corrected chi connectivity index (χ2v) is 9.47. The number of primary amides is 1. The van der Waals surface area contributed by atoms with Crippen molar-refractivity contribution in [1.82, 2.24) is 10.2 Å². The zero-order valence-electron chi connectivity index (χ0n) is 16.8. The molecule has 1 saturated heterocycles. The van der Waals surface area contributed by atoms with Gasteiger partial charge in [-0.2, -0.15) is 0 Å². The van der Waals surface area contributed by atoms with E-state index in [1.165, 1.54) is 4.90 Å². The summed E-state index contributed by atoms with van der Waals surface area (Å²) >= 11 is 12.0. The SMILES string of the molecule is NC(=O)C(=[NH2+])c1ccccc1NCC(=O)N1C[C@@H](CO)C[C@H]1C(=O)NC[C@H]1CC1(Cl)Cl. The monoisotopic (exact) mass is 470 g/mol. The van der Waals surface area contributed by atoms with Crippen LogP contribution in [0, 0.1) is 11.8 Å². The lowest BCUT2D eigenvalue weighted by molar-refractivity contribution is -0.137. The van der Waals surface area contributed by atoms with E-state index in [1.54, 1.807) is 24.3 Å². The lowest BCUT2D eigenvalue weighted by Crippen LogP contribution is -2.49. The molecule has 2 fully saturated rings. The smallest absolute Gasteiger partial charge is 0.313 e. The Hall–Kier alpha value is -2.36. The number of benzene rings is 1. The summed E-state index contributed by atoms with van der Waals surface area (Å²) < 4.78 is -0.798. The third kappa shape index (κ3) is 5.47. The number of aliphatic hydroxyl groups excluding tert-OH is 1. The number of hydrogen-bond donors (Lipinski definition) is 5. The number of aliphatic hydroxyl groups is 1. The quantitative estimate of drug-likeness (QED) is 0.223. The third-order valence-corrected chi connectivity index (χ3v) is 6.59. The van der Waals surface area contributed by atoms with Crippen molar-refractivity contribution in [3.05, 3.63) is 29.8 Å². The van der Waals surface area contributed by atoms with Crippen LogP contribution in [0.25, 0.3) is 0 Å². The molecule has 0 radical (unpaired) electrons. The average Bonchev–Trinajstić information content (AvgIpc) is 3.14. The Labute approximate surface area is 189 Å². The fourth-order valence-electron chi connectivity index (χ4n) is 3.69. The van der Waals surface area contributed by atoms with Crippen LogP contribution >= 0.6 is 23.2 Å². The van der Waals surface area contributed by atoms with Crippen LogP contribution in [-0.4, -0.2) is 70.1 Å². The Morgan fingerprint density at radius 2 is 1.97 bits per heavy atom. The Morgan fingerprint density at radius 3 is 2.58 bits per heavy atom. The highest BCUT2D eigenvalue weighted by atomic mass is 35.5. The van der Waals surface area contributed by atoms with Gasteiger partial charge in [-0.25, -0.2) is 5.41 Å². The highest BCUT2D eigenvalue weighted by molar-refractivity contribution is 6.50. The molecular formula is C20H26Cl2N5O4+. The van der Waals surface area contributed by atoms with Crippen molar-refractivity contribution >= 4 is 52.3 Å². The Morgan fingerprint density at radius 1 is 1.29 bits per heavy atom. The Bertz CT molecular complexity index is 894. The largest absolute Gasteiger partial charge is 0.396 e. The van der Waals surface area contributed by atoms with Crippen molar-refractivity contribution in [3.8, 4) is 0 Å². The molecular weight excluding hydrogens is 445 g/mol. The molecule has 1 aromatic carbocycles. The van der Waals surface area contributed by atoms with Gasteiger partial charge in [0.25, 0.3) is 5.71 Å². The lowest BCUT2D eigenvalue weighted by atomic mass is 10.1. The number of hydrogen-bond acceptors (Lipinski definition) is 5. The van der Waals surface area contributed by atoms with Gasteiger partial charge in [-0.05, 0) is 25.0 Å². The van der Waals surface area contributed by atoms with E-state index in [0.717, 1.165) is 0 Å². The first-order valence-electron chi connectivity index (χ1n) is 9.95. The number of amides is 3. The molecule has 7 N–H and O–H groups in total. The maximum absolute atomic E-state index is 12.9. The molecule has 11 heteroatoms. The fraction of sp³-hybridized carbons (Fsp3) is 0.500. The van der Waals surface area contributed by atoms with Gasteiger partial charge in [0.05, 0.1) is 12.1 Å². The van der Waals surface area contributed by atoms with E-state index >= 15 is 0 Å². The molecule has 1 aliphatic carbocycles. The molecule has 3 amide bonds. The first-order chi connectivity index (χ1) is 14.6. The molecule has 0 aromatic heterocycles. The van der Waals surface area contributed by atoms with Gasteiger partial charge in [-0.3, -0.25) is 14.4 Å². The summed E-state index contributed by atoms with van der Waals surface area (Å²) in [5, 5.41) is 21.1. The van der Waals surface area contributed by atoms with Crippen LogP contribution in [0.5, 0.6) is 0 Å². The van der Waals surface area contributed by atoms with Crippen molar-refractivity contribution in [3.63, 3.8) is 0 Å². The molecule has 168 valence electrons. The highest BCUT2D eigenvalue weighted by Gasteiger charge is 2.51. The predicted octanol–water partition coefficient (Wildman–Crippen LogP) is -1.35. The first kappa shape index (κ1) is 23.3. The predicted molar refractivity (Wildman–Crippen MR) is 116 cm³/mol. The number of likely N-dealkylation sites (tertiary alicyclic amines) is 1. The number of rotatable bonds is 9. The van der Waals surface area contributed by atoms with Crippen LogP contribution < -0.4 is 21.8 Å². The van der Waals surface area contributed by atoms with E-state index in [2.05, 4.69) is 10.6 Å². The number of alkyl halides is 2. The van der Waals surface area contributed by atoms with E-state index in [-0.39, 0.29) is 49.1 Å². The van der Waals surface area contributed by atoms with E-state index in [0.29, 0.717) is 30.6 Å². The van der Waals surface area contributed by atoms with Gasteiger partial charge in [-0.15, -0.1) is 23.2 Å². The molecule has 3 rings (SSSR count). The van der Waals surface area contributed by atoms with Crippen molar-refractivity contribution in [2.24, 2.45) is 17.6 Å². The first-order valence-corrected chi connectivity index (χ1v) is 10.7. The number of para-hydroxylation sites is 1. The third-order valence-electron chi connectivity index (χ3n) is 5.66. The molecule has 1 heterocycles. The van der Waals surface area contributed by atoms with Crippen molar-refractivity contribution in [1.29, 1.82) is 0 Å². The van der Waals surface area contributed by atoms with Crippen molar-refractivity contribution in [2.45, 2.75) is 23.2 Å². The van der Waals surface area contributed by atoms with Crippen molar-refractivity contribution < 1.29 is 24.9 Å². The fourth-order valence-corrected chi connectivity index (χ4v) is 4.22. The topological polar surface area (TPSA) is 150 Å². The van der Waals surface area contributed by atoms with Crippen molar-refractivity contribution in [2.75, 3.05) is 31.6 Å². The summed E-state index contributed by atoms with van der Waals surface area (Å²) in [4.78, 5) is 38.5. The molecule has 1 aromatic rings. The van der Waals surface area contributed by atoms with Gasteiger partial charge >= 0.3 is 5.91 Å². The molecule has 31 heavy (non-hydrogen) atoms. The number of nitrogens with zero attached hydrogens (tertiary/aromatic N) is 1. The minimum Gasteiger partial charge on any atom is -0.396 e. The normalized spacial score (nSPS) is 23.8. The molecule has 1 saturated carbocycles. The highest BCUT2D eigenvalue weighted by Crippen LogP contribution is 2.52. The van der Waals surface area contributed by atoms with Crippen LogP contribution in [0.1, 0.15) is 18.4 Å². The molecule has 0 spiro atoms. The Balaban J connectivity index is 1.63. The van der Waals surface area contributed by atoms with E-state index < -0.39 is 16.3 Å². The van der Waals surface area contributed by atoms with Gasteiger partial charge in [0.2, 0.25) is 11.8 Å². The number of anilines is 1. The molecule has 0 bridgehead atoms. The zero-order chi connectivity index (χ0) is 22.8. The van der Waals surface area contributed by atoms with E-state index in [9.17, 15) is 19.5 Å². The van der Waals surface area contributed by atoms with Gasteiger partial charge in [0, 0.05) is 37.2 Å². The Kier molecular flexibility index (Phi) is 7.08. The summed E-state index contributed by atoms with van der Waals surface area (Å²) in [6, 6.07) is 6.02. The standard InChI is InChI=1S/C20H25Cl2N5O4/c21-20(22)6-12(20)7-26-19(31)15-5-11(10-28)9-27(15)16(29)8-25-14-4-2-1-3-13(14)17(23)18(24)30/h1-4,11-12,15,23,25,28H,5-10H2,(H2,24,30)(H,26,31)/p+1/t11-,12+,15-/m0/s1. The van der Waals surface area contributed by atoms with Gasteiger partial charge in [-0.1, -0.05) is 12.1 Å². The molecule has 9 nitrogen and oxygen atoms in total. The van der Waals surface area contributed by atoms with Gasteiger partial charge < -0.3 is 26.4 Å². The van der Waals surface area contributed by atoms with E-state index in [4.69, 9.17) is 34.3 Å². The van der Waals surface area contributed by atoms with Crippen LogP contribution in [0.15, 0.2) is 24.3 Å². The number of carbonyl (C=O) groups is 3. The second kappa shape index (κ2) is 9.42. The van der Waals surface area contributed by atoms with Gasteiger partial charge in [0.15, 0.2) is 0 Å². The summed E-state index contributed by atoms with van der Waals surface area (Å²) in [5.41, 5.74) is 6.00. The molecule has 3 atom stereocenters. The number of halogens is 2.